The van der Waals surface area contributed by atoms with Crippen molar-refractivity contribution >= 4 is 0 Å². The Bertz CT molecular complexity index is 617. The SMILES string of the molecule is CCC1(c2nc(-c3cc(F)ccc3C)no2)CCNC1. The van der Waals surface area contributed by atoms with Gasteiger partial charge in [0, 0.05) is 12.1 Å². The average molecular weight is 275 g/mol. The number of nitrogens with one attached hydrogen (secondary N) is 1. The molecule has 0 spiro atoms. The molecule has 3 rings (SSSR count). The monoisotopic (exact) mass is 275 g/mol. The lowest BCUT2D eigenvalue weighted by molar-refractivity contribution is 0.285. The topological polar surface area (TPSA) is 51.0 Å². The summed E-state index contributed by atoms with van der Waals surface area (Å²) in [5.74, 6) is 0.838. The Balaban J connectivity index is 2.00. The summed E-state index contributed by atoms with van der Waals surface area (Å²) in [6, 6.07) is 4.62. The molecule has 0 saturated carbocycles. The Morgan fingerprint density at radius 1 is 1.45 bits per heavy atom. The number of benzene rings is 1. The van der Waals surface area contributed by atoms with Crippen LogP contribution >= 0.6 is 0 Å². The first-order chi connectivity index (χ1) is 9.64. The summed E-state index contributed by atoms with van der Waals surface area (Å²) in [7, 11) is 0. The quantitative estimate of drug-likeness (QED) is 0.935. The second kappa shape index (κ2) is 4.98. The second-order valence-electron chi connectivity index (χ2n) is 5.44. The Morgan fingerprint density at radius 2 is 2.30 bits per heavy atom. The van der Waals surface area contributed by atoms with Crippen LogP contribution < -0.4 is 5.32 Å². The Labute approximate surface area is 117 Å². The first-order valence-electron chi connectivity index (χ1n) is 6.96. The highest BCUT2D eigenvalue weighted by Crippen LogP contribution is 2.34. The van der Waals surface area contributed by atoms with Crippen molar-refractivity contribution in [2.75, 3.05) is 13.1 Å². The van der Waals surface area contributed by atoms with E-state index < -0.39 is 0 Å². The molecular weight excluding hydrogens is 257 g/mol. The molecule has 1 saturated heterocycles. The maximum atomic E-state index is 13.4. The van der Waals surface area contributed by atoms with E-state index in [1.54, 1.807) is 6.07 Å². The predicted molar refractivity (Wildman–Crippen MR) is 73.9 cm³/mol. The Kier molecular flexibility index (Phi) is 3.30. The molecule has 1 aromatic heterocycles. The van der Waals surface area contributed by atoms with Crippen molar-refractivity contribution in [3.05, 3.63) is 35.5 Å². The molecule has 0 bridgehead atoms. The number of rotatable bonds is 3. The van der Waals surface area contributed by atoms with Gasteiger partial charge in [-0.2, -0.15) is 4.98 Å². The third kappa shape index (κ3) is 2.12. The van der Waals surface area contributed by atoms with Crippen LogP contribution in [0.15, 0.2) is 22.7 Å². The molecule has 0 amide bonds. The fraction of sp³-hybridized carbons (Fsp3) is 0.467. The lowest BCUT2D eigenvalue weighted by Crippen LogP contribution is -2.28. The van der Waals surface area contributed by atoms with Gasteiger partial charge in [0.05, 0.1) is 5.41 Å². The van der Waals surface area contributed by atoms with E-state index in [1.165, 1.54) is 12.1 Å². The summed E-state index contributed by atoms with van der Waals surface area (Å²) >= 11 is 0. The number of aryl methyl sites for hydroxylation is 1. The van der Waals surface area contributed by atoms with E-state index in [0.717, 1.165) is 31.5 Å². The van der Waals surface area contributed by atoms with Gasteiger partial charge in [-0.15, -0.1) is 0 Å². The zero-order chi connectivity index (χ0) is 14.2. The molecule has 1 aliphatic rings. The van der Waals surface area contributed by atoms with Crippen LogP contribution in [0.3, 0.4) is 0 Å². The van der Waals surface area contributed by atoms with Crippen molar-refractivity contribution in [1.82, 2.24) is 15.5 Å². The predicted octanol–water partition coefficient (Wildman–Crippen LogP) is 2.83. The maximum Gasteiger partial charge on any atom is 0.234 e. The van der Waals surface area contributed by atoms with E-state index in [9.17, 15) is 4.39 Å². The zero-order valence-electron chi connectivity index (χ0n) is 11.7. The first-order valence-corrected chi connectivity index (χ1v) is 6.96. The van der Waals surface area contributed by atoms with Crippen LogP contribution in [0.5, 0.6) is 0 Å². The molecule has 0 radical (unpaired) electrons. The summed E-state index contributed by atoms with van der Waals surface area (Å²) in [6.07, 6.45) is 1.94. The number of hydrogen-bond donors (Lipinski definition) is 1. The van der Waals surface area contributed by atoms with Crippen LogP contribution in [0.4, 0.5) is 4.39 Å². The third-order valence-corrected chi connectivity index (χ3v) is 4.24. The van der Waals surface area contributed by atoms with Gasteiger partial charge >= 0.3 is 0 Å². The van der Waals surface area contributed by atoms with E-state index in [1.807, 2.05) is 6.92 Å². The van der Waals surface area contributed by atoms with Crippen LogP contribution in [0.1, 0.15) is 31.2 Å². The summed E-state index contributed by atoms with van der Waals surface area (Å²) < 4.78 is 18.9. The molecule has 1 aromatic carbocycles. The summed E-state index contributed by atoms with van der Waals surface area (Å²) in [5, 5.41) is 7.39. The zero-order valence-corrected chi connectivity index (χ0v) is 11.7. The van der Waals surface area contributed by atoms with Crippen LogP contribution in [-0.4, -0.2) is 23.2 Å². The van der Waals surface area contributed by atoms with Gasteiger partial charge in [-0.1, -0.05) is 18.1 Å². The van der Waals surface area contributed by atoms with Gasteiger partial charge in [0.15, 0.2) is 0 Å². The molecule has 2 heterocycles. The van der Waals surface area contributed by atoms with E-state index >= 15 is 0 Å². The molecule has 1 aliphatic heterocycles. The number of hydrogen-bond acceptors (Lipinski definition) is 4. The van der Waals surface area contributed by atoms with Crippen LogP contribution in [0.25, 0.3) is 11.4 Å². The molecule has 1 unspecified atom stereocenters. The normalized spacial score (nSPS) is 22.4. The molecule has 106 valence electrons. The maximum absolute atomic E-state index is 13.4. The van der Waals surface area contributed by atoms with E-state index in [4.69, 9.17) is 4.52 Å². The second-order valence-corrected chi connectivity index (χ2v) is 5.44. The van der Waals surface area contributed by atoms with Crippen molar-refractivity contribution in [1.29, 1.82) is 0 Å². The molecule has 1 atom stereocenters. The largest absolute Gasteiger partial charge is 0.338 e. The third-order valence-electron chi connectivity index (χ3n) is 4.24. The minimum atomic E-state index is -0.287. The number of halogens is 1. The van der Waals surface area contributed by atoms with Crippen LogP contribution in [0.2, 0.25) is 0 Å². The van der Waals surface area contributed by atoms with E-state index in [2.05, 4.69) is 22.4 Å². The van der Waals surface area contributed by atoms with Crippen molar-refractivity contribution in [3.8, 4) is 11.4 Å². The van der Waals surface area contributed by atoms with Gasteiger partial charge < -0.3 is 9.84 Å². The van der Waals surface area contributed by atoms with Crippen LogP contribution in [-0.2, 0) is 5.41 Å². The van der Waals surface area contributed by atoms with Gasteiger partial charge in [-0.25, -0.2) is 4.39 Å². The molecule has 1 fully saturated rings. The first kappa shape index (κ1) is 13.2. The molecular formula is C15H18FN3O. The molecule has 2 aromatic rings. The van der Waals surface area contributed by atoms with Gasteiger partial charge in [0.25, 0.3) is 0 Å². The van der Waals surface area contributed by atoms with Crippen LogP contribution in [0, 0.1) is 12.7 Å². The standard InChI is InChI=1S/C15H18FN3O/c1-3-15(6-7-17-9-15)14-18-13(19-20-14)12-8-11(16)5-4-10(12)2/h4-5,8,17H,3,6-7,9H2,1-2H3. The van der Waals surface area contributed by atoms with Gasteiger partial charge in [-0.3, -0.25) is 0 Å². The van der Waals surface area contributed by atoms with Crippen molar-refractivity contribution in [2.45, 2.75) is 32.1 Å². The fourth-order valence-electron chi connectivity index (χ4n) is 2.76. The fourth-order valence-corrected chi connectivity index (χ4v) is 2.76. The lowest BCUT2D eigenvalue weighted by atomic mass is 9.84. The van der Waals surface area contributed by atoms with E-state index in [-0.39, 0.29) is 11.2 Å². The highest BCUT2D eigenvalue weighted by atomic mass is 19.1. The average Bonchev–Trinajstić information content (AvgIpc) is 3.10. The molecule has 1 N–H and O–H groups in total. The summed E-state index contributed by atoms with van der Waals surface area (Å²) in [4.78, 5) is 4.52. The minimum absolute atomic E-state index is 0.0769. The molecule has 4 nitrogen and oxygen atoms in total. The molecule has 5 heteroatoms. The van der Waals surface area contributed by atoms with Gasteiger partial charge in [0.1, 0.15) is 5.82 Å². The van der Waals surface area contributed by atoms with E-state index in [0.29, 0.717) is 17.3 Å². The molecule has 0 aliphatic carbocycles. The highest BCUT2D eigenvalue weighted by molar-refractivity contribution is 5.59. The van der Waals surface area contributed by atoms with Crippen molar-refractivity contribution in [3.63, 3.8) is 0 Å². The summed E-state index contributed by atoms with van der Waals surface area (Å²) in [6.45, 7) is 5.86. The highest BCUT2D eigenvalue weighted by Gasteiger charge is 2.39. The van der Waals surface area contributed by atoms with Crippen molar-refractivity contribution < 1.29 is 8.91 Å². The Morgan fingerprint density at radius 3 is 3.00 bits per heavy atom. The number of aromatic nitrogens is 2. The number of nitrogens with zero attached hydrogens (tertiary/aromatic N) is 2. The van der Waals surface area contributed by atoms with Crippen molar-refractivity contribution in [2.24, 2.45) is 0 Å². The van der Waals surface area contributed by atoms with Gasteiger partial charge in [0.2, 0.25) is 11.7 Å². The van der Waals surface area contributed by atoms with Gasteiger partial charge in [-0.05, 0) is 44.0 Å². The minimum Gasteiger partial charge on any atom is -0.338 e. The Hall–Kier alpha value is -1.75. The lowest BCUT2D eigenvalue weighted by Gasteiger charge is -2.20. The molecule has 20 heavy (non-hydrogen) atoms. The summed E-state index contributed by atoms with van der Waals surface area (Å²) in [5.41, 5.74) is 1.55. The smallest absolute Gasteiger partial charge is 0.234 e.